The van der Waals surface area contributed by atoms with Gasteiger partial charge in [-0.15, -0.1) is 0 Å². The summed E-state index contributed by atoms with van der Waals surface area (Å²) in [6.45, 7) is 0. The Kier molecular flexibility index (Phi) is 8.29. The van der Waals surface area contributed by atoms with E-state index in [2.05, 4.69) is 20.0 Å². The molecule has 0 bridgehead atoms. The number of hydrogen-bond acceptors (Lipinski definition) is 7. The molecular weight excluding hydrogens is 494 g/mol. The number of hydrogen-bond donors (Lipinski definition) is 3. The molecule has 4 N–H and O–H groups in total. The second-order valence-electron chi connectivity index (χ2n) is 6.86. The first kappa shape index (κ1) is 25.5. The number of halogens is 1. The number of pyridine rings is 1. The molecule has 1 aromatic heterocycles. The third-order valence-corrected chi connectivity index (χ3v) is 6.15. The van der Waals surface area contributed by atoms with Crippen molar-refractivity contribution in [3.8, 4) is 11.6 Å². The Morgan fingerprint density at radius 3 is 2.49 bits per heavy atom. The van der Waals surface area contributed by atoms with Crippen LogP contribution >= 0.6 is 11.6 Å². The van der Waals surface area contributed by atoms with Crippen LogP contribution in [0, 0.1) is 0 Å². The smallest absolute Gasteiger partial charge is 0.265 e. The van der Waals surface area contributed by atoms with Crippen molar-refractivity contribution < 1.29 is 22.7 Å². The van der Waals surface area contributed by atoms with Gasteiger partial charge in [0, 0.05) is 34.9 Å². The van der Waals surface area contributed by atoms with Crippen LogP contribution in [0.15, 0.2) is 83.0 Å². The van der Waals surface area contributed by atoms with Crippen molar-refractivity contribution in [2.45, 2.75) is 4.90 Å². The summed E-state index contributed by atoms with van der Waals surface area (Å²) in [5, 5.41) is 3.04. The number of anilines is 2. The molecule has 0 unspecified atom stereocenters. The van der Waals surface area contributed by atoms with Crippen molar-refractivity contribution in [1.82, 2.24) is 4.98 Å². The molecule has 10 nitrogen and oxygen atoms in total. The van der Waals surface area contributed by atoms with Gasteiger partial charge in [0.1, 0.15) is 16.5 Å². The Hall–Kier alpha value is -4.09. The fourth-order valence-electron chi connectivity index (χ4n) is 2.88. The first-order valence-electron chi connectivity index (χ1n) is 10.00. The topological polar surface area (TPSA) is 145 Å². The Labute approximate surface area is 207 Å². The molecule has 3 rings (SSSR count). The highest BCUT2D eigenvalue weighted by atomic mass is 35.5. The Balaban J connectivity index is 1.76. The predicted molar refractivity (Wildman–Crippen MR) is 135 cm³/mol. The normalized spacial score (nSPS) is 11.8. The summed E-state index contributed by atoms with van der Waals surface area (Å²) < 4.78 is 38.6. The zero-order valence-electron chi connectivity index (χ0n) is 18.7. The first-order valence-corrected chi connectivity index (χ1v) is 11.9. The number of amides is 1. The molecule has 0 aliphatic carbocycles. The highest BCUT2D eigenvalue weighted by molar-refractivity contribution is 7.92. The molecule has 3 aromatic rings. The minimum absolute atomic E-state index is 0.0998. The van der Waals surface area contributed by atoms with Gasteiger partial charge in [-0.25, -0.2) is 18.4 Å². The first-order chi connectivity index (χ1) is 16.7. The number of nitrogens with zero attached hydrogens (tertiary/aromatic N) is 2. The third kappa shape index (κ3) is 6.71. The van der Waals surface area contributed by atoms with E-state index >= 15 is 0 Å². The maximum atomic E-state index is 12.9. The largest absolute Gasteiger partial charge is 0.495 e. The molecule has 0 saturated heterocycles. The minimum Gasteiger partial charge on any atom is -0.495 e. The Morgan fingerprint density at radius 1 is 1.09 bits per heavy atom. The minimum atomic E-state index is -4.04. The van der Waals surface area contributed by atoms with Crippen LogP contribution < -0.4 is 25.2 Å². The number of sulfonamides is 1. The molecule has 1 heterocycles. The molecule has 12 heteroatoms. The highest BCUT2D eigenvalue weighted by Crippen LogP contribution is 2.29. The monoisotopic (exact) mass is 515 g/mol. The van der Waals surface area contributed by atoms with E-state index in [0.717, 1.165) is 6.08 Å². The Morgan fingerprint density at radius 2 is 1.80 bits per heavy atom. The van der Waals surface area contributed by atoms with Crippen LogP contribution in [0.25, 0.3) is 0 Å². The van der Waals surface area contributed by atoms with Crippen LogP contribution in [0.4, 0.5) is 11.4 Å². The summed E-state index contributed by atoms with van der Waals surface area (Å²) in [5.41, 5.74) is 6.94. The summed E-state index contributed by atoms with van der Waals surface area (Å²) in [6, 6.07) is 13.7. The maximum Gasteiger partial charge on any atom is 0.265 e. The molecule has 0 aliphatic heterocycles. The van der Waals surface area contributed by atoms with Crippen molar-refractivity contribution in [2.75, 3.05) is 24.3 Å². The van der Waals surface area contributed by atoms with Crippen LogP contribution in [0.5, 0.6) is 11.6 Å². The van der Waals surface area contributed by atoms with Crippen molar-refractivity contribution in [2.24, 2.45) is 10.7 Å². The van der Waals surface area contributed by atoms with Crippen LogP contribution in [-0.2, 0) is 14.8 Å². The van der Waals surface area contributed by atoms with Gasteiger partial charge in [0.25, 0.3) is 10.0 Å². The lowest BCUT2D eigenvalue weighted by Crippen LogP contribution is -2.15. The van der Waals surface area contributed by atoms with E-state index in [-0.39, 0.29) is 22.2 Å². The molecule has 2 aromatic carbocycles. The van der Waals surface area contributed by atoms with Crippen molar-refractivity contribution >= 4 is 44.7 Å². The summed E-state index contributed by atoms with van der Waals surface area (Å²) in [5.74, 6) is -0.0578. The number of aliphatic imine (C=N–C) groups is 1. The molecule has 182 valence electrons. The lowest BCUT2D eigenvalue weighted by molar-refractivity contribution is -0.111. The summed E-state index contributed by atoms with van der Waals surface area (Å²) in [6.07, 6.45) is 3.90. The van der Waals surface area contributed by atoms with E-state index in [1.807, 2.05) is 0 Å². The number of benzene rings is 2. The van der Waals surface area contributed by atoms with Crippen molar-refractivity contribution in [3.63, 3.8) is 0 Å². The lowest BCUT2D eigenvalue weighted by atomic mass is 10.2. The van der Waals surface area contributed by atoms with Crippen LogP contribution in [0.1, 0.15) is 5.56 Å². The van der Waals surface area contributed by atoms with E-state index in [0.29, 0.717) is 22.2 Å². The van der Waals surface area contributed by atoms with Crippen LogP contribution in [0.3, 0.4) is 0 Å². The number of methoxy groups -OCH3 is 2. The number of ether oxygens (including phenoxy) is 2. The second-order valence-corrected chi connectivity index (χ2v) is 8.94. The number of carbonyl (C=O) groups is 1. The number of carbonyl (C=O) groups excluding carboxylic acids is 1. The fourth-order valence-corrected chi connectivity index (χ4v) is 4.26. The molecule has 0 saturated carbocycles. The van der Waals surface area contributed by atoms with Crippen LogP contribution in [-0.4, -0.2) is 39.4 Å². The van der Waals surface area contributed by atoms with Gasteiger partial charge in [-0.3, -0.25) is 9.52 Å². The van der Waals surface area contributed by atoms with Gasteiger partial charge >= 0.3 is 0 Å². The molecule has 0 spiro atoms. The summed E-state index contributed by atoms with van der Waals surface area (Å²) >= 11 is 5.85. The van der Waals surface area contributed by atoms with E-state index in [4.69, 9.17) is 26.8 Å². The standard InChI is InChI=1S/C23H22ClN5O5S/c1-33-19-10-9-17(14-20(19)35(31,32)29-16-7-5-15(24)6-8-16)28-21(30)11-13-26-22(25)18-4-3-12-27-23(18)34-2/h3-14,29H,1-2H3,(H2,25,26)(H,28,30)/b13-11+. The molecule has 0 atom stereocenters. The number of nitrogens with two attached hydrogens (primary N) is 1. The number of nitrogens with one attached hydrogen (secondary N) is 2. The van der Waals surface area contributed by atoms with Crippen molar-refractivity contribution in [1.29, 1.82) is 0 Å². The second kappa shape index (κ2) is 11.4. The molecule has 1 amide bonds. The van der Waals surface area contributed by atoms with E-state index in [1.165, 1.54) is 50.8 Å². The SMILES string of the molecule is COc1ccc(NC(=O)/C=C/N=C(\N)c2cccnc2OC)cc1S(=O)(=O)Nc1ccc(Cl)cc1. The zero-order chi connectivity index (χ0) is 25.4. The third-order valence-electron chi connectivity index (χ3n) is 4.50. The van der Waals surface area contributed by atoms with Crippen molar-refractivity contribution in [3.05, 3.63) is 83.7 Å². The number of amidine groups is 1. The molecule has 0 fully saturated rings. The Bertz CT molecular complexity index is 1380. The van der Waals surface area contributed by atoms with Gasteiger partial charge in [-0.2, -0.15) is 0 Å². The van der Waals surface area contributed by atoms with E-state index in [1.54, 1.807) is 30.5 Å². The molecular formula is C23H22ClN5O5S. The number of rotatable bonds is 9. The van der Waals surface area contributed by atoms with Gasteiger partial charge in [-0.05, 0) is 54.6 Å². The average Bonchev–Trinajstić information content (AvgIpc) is 2.85. The number of aromatic nitrogens is 1. The lowest BCUT2D eigenvalue weighted by Gasteiger charge is -2.13. The van der Waals surface area contributed by atoms with E-state index in [9.17, 15) is 13.2 Å². The van der Waals surface area contributed by atoms with Gasteiger partial charge in [0.05, 0.1) is 19.8 Å². The zero-order valence-corrected chi connectivity index (χ0v) is 20.3. The quantitative estimate of drug-likeness (QED) is 0.225. The van der Waals surface area contributed by atoms with E-state index < -0.39 is 15.9 Å². The molecule has 0 radical (unpaired) electrons. The predicted octanol–water partition coefficient (Wildman–Crippen LogP) is 3.41. The van der Waals surface area contributed by atoms with Gasteiger partial charge in [-0.1, -0.05) is 11.6 Å². The molecule has 0 aliphatic rings. The van der Waals surface area contributed by atoms with Gasteiger partial charge < -0.3 is 20.5 Å². The summed E-state index contributed by atoms with van der Waals surface area (Å²) in [7, 11) is -1.24. The maximum absolute atomic E-state index is 12.9. The van der Waals surface area contributed by atoms with Gasteiger partial charge in [0.2, 0.25) is 11.8 Å². The van der Waals surface area contributed by atoms with Gasteiger partial charge in [0.15, 0.2) is 0 Å². The highest BCUT2D eigenvalue weighted by Gasteiger charge is 2.21. The summed E-state index contributed by atoms with van der Waals surface area (Å²) in [4.78, 5) is 20.2. The fraction of sp³-hybridized carbons (Fsp3) is 0.0870. The average molecular weight is 516 g/mol. The van der Waals surface area contributed by atoms with Crippen LogP contribution in [0.2, 0.25) is 5.02 Å². The molecule has 35 heavy (non-hydrogen) atoms.